The normalized spacial score (nSPS) is 12.0. The van der Waals surface area contributed by atoms with Gasteiger partial charge in [-0.2, -0.15) is 0 Å². The van der Waals surface area contributed by atoms with Crippen molar-refractivity contribution in [2.75, 3.05) is 0 Å². The van der Waals surface area contributed by atoms with Crippen LogP contribution in [-0.4, -0.2) is 0 Å². The Morgan fingerprint density at radius 2 is 0.740 bits per heavy atom. The molecule has 2 heterocycles. The third-order valence-electron chi connectivity index (χ3n) is 10.5. The Hall–Kier alpha value is -5.80. The van der Waals surface area contributed by atoms with Gasteiger partial charge in [0.25, 0.3) is 0 Å². The molecule has 0 spiro atoms. The van der Waals surface area contributed by atoms with Crippen LogP contribution in [0.5, 0.6) is 0 Å². The molecule has 0 saturated carbocycles. The second kappa shape index (κ2) is 10.9. The zero-order valence-electron chi connectivity index (χ0n) is 27.0. The summed E-state index contributed by atoms with van der Waals surface area (Å²) in [6, 6.07) is 63.4. The van der Waals surface area contributed by atoms with Gasteiger partial charge in [0.2, 0.25) is 0 Å². The van der Waals surface area contributed by atoms with Crippen LogP contribution in [0.3, 0.4) is 0 Å². The van der Waals surface area contributed by atoms with E-state index >= 15 is 0 Å². The lowest BCUT2D eigenvalue weighted by atomic mass is 9.77. The minimum atomic E-state index is 1.24. The summed E-state index contributed by atoms with van der Waals surface area (Å²) in [5.74, 6) is 0. The molecule has 0 bridgehead atoms. The third-order valence-corrected chi connectivity index (χ3v) is 12.8. The van der Waals surface area contributed by atoms with Crippen molar-refractivity contribution in [2.45, 2.75) is 0 Å². The van der Waals surface area contributed by atoms with Gasteiger partial charge >= 0.3 is 0 Å². The van der Waals surface area contributed by atoms with Gasteiger partial charge in [-0.3, -0.25) is 0 Å². The molecule has 2 aromatic heterocycles. The van der Waals surface area contributed by atoms with E-state index in [1.165, 1.54) is 107 Å². The summed E-state index contributed by atoms with van der Waals surface area (Å²) >= 11 is 3.78. The number of hydrogen-bond donors (Lipinski definition) is 0. The molecule has 10 aromatic rings. The summed E-state index contributed by atoms with van der Waals surface area (Å²) in [5.41, 5.74) is 15.2. The van der Waals surface area contributed by atoms with Crippen LogP contribution < -0.4 is 0 Å². The first-order valence-electron chi connectivity index (χ1n) is 17.1. The largest absolute Gasteiger partial charge is 0.135 e. The number of hydrogen-bond acceptors (Lipinski definition) is 2. The van der Waals surface area contributed by atoms with E-state index in [1.807, 2.05) is 22.7 Å². The predicted octanol–water partition coefficient (Wildman–Crippen LogP) is 14.7. The van der Waals surface area contributed by atoms with Crippen LogP contribution in [0.15, 0.2) is 170 Å². The molecule has 232 valence electrons. The summed E-state index contributed by atoms with van der Waals surface area (Å²) in [5, 5.41) is 5.29. The molecule has 0 amide bonds. The van der Waals surface area contributed by atoms with Crippen molar-refractivity contribution < 1.29 is 0 Å². The van der Waals surface area contributed by atoms with Gasteiger partial charge in [-0.15, -0.1) is 22.7 Å². The minimum absolute atomic E-state index is 1.24. The van der Waals surface area contributed by atoms with Crippen LogP contribution in [0.2, 0.25) is 0 Å². The molecule has 0 N–H and O–H groups in total. The average molecular weight is 669 g/mol. The van der Waals surface area contributed by atoms with Crippen molar-refractivity contribution in [3.63, 3.8) is 0 Å². The SMILES string of the molecule is c1ccc2c(c1)-c1ccccc1-c1cc(-c3cccc4c3sc3ccccc34)cc(-c3ccc4sc5ccccc5c4c3)c1-c1ccccc1-2. The molecule has 11 rings (SSSR count). The lowest BCUT2D eigenvalue weighted by molar-refractivity contribution is 1.51. The molecule has 8 aromatic carbocycles. The van der Waals surface area contributed by atoms with Crippen molar-refractivity contribution in [3.05, 3.63) is 170 Å². The topological polar surface area (TPSA) is 0 Å². The monoisotopic (exact) mass is 668 g/mol. The second-order valence-corrected chi connectivity index (χ2v) is 15.3. The van der Waals surface area contributed by atoms with Crippen molar-refractivity contribution >= 4 is 63.0 Å². The van der Waals surface area contributed by atoms with Crippen molar-refractivity contribution in [1.82, 2.24) is 0 Å². The molecule has 2 heteroatoms. The van der Waals surface area contributed by atoms with Gasteiger partial charge in [0.05, 0.1) is 0 Å². The highest BCUT2D eigenvalue weighted by Crippen LogP contribution is 2.53. The third kappa shape index (κ3) is 4.10. The number of benzene rings is 8. The molecule has 0 fully saturated rings. The number of rotatable bonds is 2. The van der Waals surface area contributed by atoms with Gasteiger partial charge in [-0.25, -0.2) is 0 Å². The fraction of sp³-hybridized carbons (Fsp3) is 0. The van der Waals surface area contributed by atoms with Crippen molar-refractivity contribution in [2.24, 2.45) is 0 Å². The first-order valence-corrected chi connectivity index (χ1v) is 18.7. The minimum Gasteiger partial charge on any atom is -0.135 e. The van der Waals surface area contributed by atoms with Crippen LogP contribution in [-0.2, 0) is 0 Å². The van der Waals surface area contributed by atoms with Gasteiger partial charge < -0.3 is 0 Å². The van der Waals surface area contributed by atoms with E-state index in [9.17, 15) is 0 Å². The lowest BCUT2D eigenvalue weighted by Crippen LogP contribution is -1.99. The number of fused-ring (bicyclic) bond motifs is 14. The summed E-state index contributed by atoms with van der Waals surface area (Å²) in [6.07, 6.45) is 0. The van der Waals surface area contributed by atoms with E-state index < -0.39 is 0 Å². The lowest BCUT2D eigenvalue weighted by Gasteiger charge is -2.26. The van der Waals surface area contributed by atoms with Gasteiger partial charge in [-0.05, 0) is 103 Å². The van der Waals surface area contributed by atoms with Gasteiger partial charge in [-0.1, -0.05) is 133 Å². The molecular formula is C48H28S2. The van der Waals surface area contributed by atoms with Gasteiger partial charge in [0.1, 0.15) is 0 Å². The van der Waals surface area contributed by atoms with E-state index in [1.54, 1.807) is 0 Å². The van der Waals surface area contributed by atoms with E-state index in [4.69, 9.17) is 0 Å². The molecule has 0 nitrogen and oxygen atoms in total. The van der Waals surface area contributed by atoms with E-state index in [0.717, 1.165) is 0 Å². The Morgan fingerprint density at radius 3 is 1.44 bits per heavy atom. The maximum absolute atomic E-state index is 2.47. The standard InChI is InChI=1S/C48H28S2/c1-2-13-33-32(12-1)34-14-3-4-16-36(34)43-28-30(31-20-11-21-40-37-17-7-10-23-45(37)50-48(31)40)27-41(47(43)39-19-6-5-15-35(33)39)29-24-25-46-42(26-29)38-18-8-9-22-44(38)49-46/h1-28H. The molecule has 50 heavy (non-hydrogen) atoms. The Labute approximate surface area is 298 Å². The summed E-state index contributed by atoms with van der Waals surface area (Å²) in [7, 11) is 0. The van der Waals surface area contributed by atoms with Crippen molar-refractivity contribution in [3.8, 4) is 66.8 Å². The van der Waals surface area contributed by atoms with E-state index in [2.05, 4.69) is 170 Å². The summed E-state index contributed by atoms with van der Waals surface area (Å²) in [6.45, 7) is 0. The molecule has 1 aliphatic carbocycles. The molecule has 0 saturated heterocycles. The van der Waals surface area contributed by atoms with E-state index in [0.29, 0.717) is 0 Å². The van der Waals surface area contributed by atoms with Crippen LogP contribution in [0.1, 0.15) is 0 Å². The predicted molar refractivity (Wildman–Crippen MR) is 218 cm³/mol. The highest BCUT2D eigenvalue weighted by molar-refractivity contribution is 7.26. The highest BCUT2D eigenvalue weighted by Gasteiger charge is 2.26. The Morgan fingerprint density at radius 1 is 0.260 bits per heavy atom. The molecule has 0 aliphatic heterocycles. The van der Waals surface area contributed by atoms with Crippen LogP contribution >= 0.6 is 22.7 Å². The van der Waals surface area contributed by atoms with Gasteiger partial charge in [0, 0.05) is 40.3 Å². The van der Waals surface area contributed by atoms with Crippen LogP contribution in [0.4, 0.5) is 0 Å². The van der Waals surface area contributed by atoms with Gasteiger partial charge in [0.15, 0.2) is 0 Å². The fourth-order valence-electron chi connectivity index (χ4n) is 8.24. The Kier molecular flexibility index (Phi) is 6.09. The quantitative estimate of drug-likeness (QED) is 0.172. The first kappa shape index (κ1) is 28.1. The smallest absolute Gasteiger partial charge is 0.0433 e. The second-order valence-electron chi connectivity index (χ2n) is 13.2. The molecule has 0 atom stereocenters. The summed E-state index contributed by atoms with van der Waals surface area (Å²) in [4.78, 5) is 0. The molecule has 0 radical (unpaired) electrons. The fourth-order valence-corrected chi connectivity index (χ4v) is 10.6. The number of thiophene rings is 2. The molecular weight excluding hydrogens is 641 g/mol. The molecule has 1 aliphatic rings. The Bertz CT molecular complexity index is 2990. The average Bonchev–Trinajstić information content (AvgIpc) is 3.75. The zero-order valence-corrected chi connectivity index (χ0v) is 28.6. The maximum atomic E-state index is 2.47. The highest BCUT2D eigenvalue weighted by atomic mass is 32.1. The first-order chi connectivity index (χ1) is 24.8. The zero-order chi connectivity index (χ0) is 32.8. The van der Waals surface area contributed by atoms with E-state index in [-0.39, 0.29) is 0 Å². The van der Waals surface area contributed by atoms with Crippen molar-refractivity contribution in [1.29, 1.82) is 0 Å². The van der Waals surface area contributed by atoms with Crippen LogP contribution in [0, 0.1) is 0 Å². The maximum Gasteiger partial charge on any atom is 0.0433 e. The summed E-state index contributed by atoms with van der Waals surface area (Å²) < 4.78 is 5.32. The molecule has 0 unspecified atom stereocenters. The van der Waals surface area contributed by atoms with Crippen LogP contribution in [0.25, 0.3) is 107 Å². The Balaban J connectivity index is 1.30.